The fourth-order valence-electron chi connectivity index (χ4n) is 3.94. The van der Waals surface area contributed by atoms with Crippen LogP contribution in [0.4, 0.5) is 0 Å². The van der Waals surface area contributed by atoms with Crippen molar-refractivity contribution in [2.45, 2.75) is 76.7 Å². The van der Waals surface area contributed by atoms with E-state index in [0.717, 1.165) is 90.8 Å². The van der Waals surface area contributed by atoms with Crippen molar-refractivity contribution in [3.63, 3.8) is 0 Å². The van der Waals surface area contributed by atoms with E-state index in [-0.39, 0.29) is 11.9 Å². The zero-order valence-electron chi connectivity index (χ0n) is 19.6. The molecule has 0 radical (unpaired) electrons. The number of primary amides is 1. The number of rotatable bonds is 18. The lowest BCUT2D eigenvalue weighted by atomic mass is 10.1. The Kier molecular flexibility index (Phi) is 17.7. The fraction of sp³-hybridized carbons (Fsp3) is 0.913. The number of nitrogens with zero attached hydrogens (tertiary/aromatic N) is 1. The normalized spacial score (nSPS) is 16.9. The highest BCUT2D eigenvalue weighted by Gasteiger charge is 2.13. The van der Waals surface area contributed by atoms with Gasteiger partial charge in [0, 0.05) is 45.7 Å². The molecule has 182 valence electrons. The third-order valence-corrected chi connectivity index (χ3v) is 5.90. The number of carbonyl (C=O) groups is 2. The topological polar surface area (TPSA) is 126 Å². The van der Waals surface area contributed by atoms with Gasteiger partial charge in [-0.2, -0.15) is 0 Å². The maximum atomic E-state index is 12.3. The first-order valence-corrected chi connectivity index (χ1v) is 12.5. The molecule has 8 nitrogen and oxygen atoms in total. The number of hydrogen-bond acceptors (Lipinski definition) is 7. The summed E-state index contributed by atoms with van der Waals surface area (Å²) in [5, 5.41) is 10.1. The summed E-state index contributed by atoms with van der Waals surface area (Å²) in [6.45, 7) is 7.92. The molecule has 1 heterocycles. The molecule has 0 unspecified atom stereocenters. The van der Waals surface area contributed by atoms with Gasteiger partial charge in [-0.25, -0.2) is 0 Å². The van der Waals surface area contributed by atoms with Gasteiger partial charge in [-0.15, -0.1) is 0 Å². The summed E-state index contributed by atoms with van der Waals surface area (Å²) in [6, 6.07) is -0.222. The number of amides is 1. The van der Waals surface area contributed by atoms with Crippen LogP contribution in [0.1, 0.15) is 70.6 Å². The van der Waals surface area contributed by atoms with E-state index in [1.54, 1.807) is 0 Å². The van der Waals surface area contributed by atoms with E-state index in [0.29, 0.717) is 25.3 Å². The van der Waals surface area contributed by atoms with E-state index in [1.807, 2.05) is 0 Å². The molecule has 0 aromatic carbocycles. The Labute approximate surface area is 189 Å². The summed E-state index contributed by atoms with van der Waals surface area (Å²) in [6.07, 6.45) is 11.3. The third kappa shape index (κ3) is 16.3. The highest BCUT2D eigenvalue weighted by Crippen LogP contribution is 2.09. The fourth-order valence-corrected chi connectivity index (χ4v) is 3.94. The first-order valence-electron chi connectivity index (χ1n) is 12.5. The molecule has 1 fully saturated rings. The second-order valence-electron chi connectivity index (χ2n) is 8.73. The zero-order chi connectivity index (χ0) is 22.6. The van der Waals surface area contributed by atoms with Gasteiger partial charge >= 0.3 is 0 Å². The van der Waals surface area contributed by atoms with Crippen LogP contribution in [0.5, 0.6) is 0 Å². The predicted molar refractivity (Wildman–Crippen MR) is 128 cm³/mol. The van der Waals surface area contributed by atoms with E-state index in [2.05, 4.69) is 20.9 Å². The van der Waals surface area contributed by atoms with Gasteiger partial charge in [-0.1, -0.05) is 38.5 Å². The molecule has 0 aliphatic carbocycles. The maximum Gasteiger partial charge on any atom is 0.234 e. The summed E-state index contributed by atoms with van der Waals surface area (Å²) < 4.78 is 0. The Morgan fingerprint density at radius 1 is 0.839 bits per heavy atom. The van der Waals surface area contributed by atoms with Crippen molar-refractivity contribution in [1.82, 2.24) is 20.9 Å². The number of nitrogens with two attached hydrogens (primary N) is 2. The Bertz CT molecular complexity index is 453. The Morgan fingerprint density at radius 3 is 2.06 bits per heavy atom. The molecule has 7 N–H and O–H groups in total. The monoisotopic (exact) mass is 440 g/mol. The molecule has 8 heteroatoms. The number of carbonyl (C=O) groups excluding carboxylic acids is 2. The molecule has 1 rings (SSSR count). The number of Topliss-reactive ketones (excluding diaryl/α,β-unsaturated/α-hetero) is 1. The molecule has 1 saturated heterocycles. The van der Waals surface area contributed by atoms with E-state index in [1.165, 1.54) is 19.3 Å². The Balaban J connectivity index is 1.95. The van der Waals surface area contributed by atoms with Crippen LogP contribution in [0.15, 0.2) is 0 Å². The van der Waals surface area contributed by atoms with Crippen molar-refractivity contribution in [3.05, 3.63) is 0 Å². The summed E-state index contributed by atoms with van der Waals surface area (Å²) in [5.74, 6) is 0.113. The molecule has 0 spiro atoms. The minimum atomic E-state index is -0.262. The van der Waals surface area contributed by atoms with E-state index >= 15 is 0 Å². The number of nitrogens with one attached hydrogen (secondary N) is 3. The second-order valence-corrected chi connectivity index (χ2v) is 8.73. The molecule has 0 aromatic rings. The lowest BCUT2D eigenvalue weighted by Gasteiger charge is -2.20. The average molecular weight is 441 g/mol. The highest BCUT2D eigenvalue weighted by atomic mass is 16.1. The zero-order valence-corrected chi connectivity index (χ0v) is 19.6. The molecular weight excluding hydrogens is 392 g/mol. The SMILES string of the molecule is NCCCC[C@H](NCCCCCCCCCC(=O)CN1CCNCCNCC1)C(N)=O. The first-order chi connectivity index (χ1) is 15.1. The molecule has 0 aromatic heterocycles. The first kappa shape index (κ1) is 28.0. The Morgan fingerprint density at radius 2 is 1.45 bits per heavy atom. The molecule has 0 bridgehead atoms. The van der Waals surface area contributed by atoms with Crippen molar-refractivity contribution in [3.8, 4) is 0 Å². The number of unbranched alkanes of at least 4 members (excludes halogenated alkanes) is 7. The van der Waals surface area contributed by atoms with Crippen LogP contribution in [0.25, 0.3) is 0 Å². The molecule has 0 saturated carbocycles. The van der Waals surface area contributed by atoms with Crippen molar-refractivity contribution in [2.24, 2.45) is 11.5 Å². The summed E-state index contributed by atoms with van der Waals surface area (Å²) in [4.78, 5) is 26.0. The quantitative estimate of drug-likeness (QED) is 0.199. The van der Waals surface area contributed by atoms with Crippen LogP contribution in [0.2, 0.25) is 0 Å². The lowest BCUT2D eigenvalue weighted by Crippen LogP contribution is -2.41. The van der Waals surface area contributed by atoms with Crippen molar-refractivity contribution >= 4 is 11.7 Å². The molecule has 1 atom stereocenters. The van der Waals surface area contributed by atoms with Crippen LogP contribution < -0.4 is 27.4 Å². The molecule has 1 aliphatic heterocycles. The van der Waals surface area contributed by atoms with Crippen molar-refractivity contribution < 1.29 is 9.59 Å². The maximum absolute atomic E-state index is 12.3. The van der Waals surface area contributed by atoms with E-state index in [9.17, 15) is 9.59 Å². The summed E-state index contributed by atoms with van der Waals surface area (Å²) in [7, 11) is 0. The van der Waals surface area contributed by atoms with Crippen LogP contribution in [0, 0.1) is 0 Å². The van der Waals surface area contributed by atoms with Crippen LogP contribution in [0.3, 0.4) is 0 Å². The predicted octanol–water partition coefficient (Wildman–Crippen LogP) is 0.744. The Hall–Kier alpha value is -1.06. The smallest absolute Gasteiger partial charge is 0.234 e. The van der Waals surface area contributed by atoms with Gasteiger partial charge in [0.1, 0.15) is 5.78 Å². The van der Waals surface area contributed by atoms with Crippen LogP contribution in [-0.2, 0) is 9.59 Å². The number of hydrogen-bond donors (Lipinski definition) is 5. The number of ketones is 1. The van der Waals surface area contributed by atoms with Gasteiger partial charge < -0.3 is 27.4 Å². The minimum absolute atomic E-state index is 0.222. The second kappa shape index (κ2) is 19.6. The minimum Gasteiger partial charge on any atom is -0.368 e. The largest absolute Gasteiger partial charge is 0.368 e. The van der Waals surface area contributed by atoms with Crippen LogP contribution >= 0.6 is 0 Å². The van der Waals surface area contributed by atoms with Gasteiger partial charge in [0.25, 0.3) is 0 Å². The lowest BCUT2D eigenvalue weighted by molar-refractivity contribution is -0.121. The van der Waals surface area contributed by atoms with Crippen molar-refractivity contribution in [1.29, 1.82) is 0 Å². The van der Waals surface area contributed by atoms with Gasteiger partial charge in [0.15, 0.2) is 0 Å². The standard InChI is InChI=1S/C23H48N6O2/c24-12-8-7-11-22(23(25)31)28-13-9-5-3-1-2-4-6-10-21(30)20-29-18-16-26-14-15-27-17-19-29/h22,26-28H,1-20,24H2,(H2,25,31)/t22-/m0/s1. The van der Waals surface area contributed by atoms with E-state index in [4.69, 9.17) is 11.5 Å². The average Bonchev–Trinajstić information content (AvgIpc) is 2.87. The molecule has 31 heavy (non-hydrogen) atoms. The molecule has 1 aliphatic rings. The summed E-state index contributed by atoms with van der Waals surface area (Å²) >= 11 is 0. The van der Waals surface area contributed by atoms with Crippen molar-refractivity contribution in [2.75, 3.05) is 58.9 Å². The third-order valence-electron chi connectivity index (χ3n) is 5.90. The van der Waals surface area contributed by atoms with Gasteiger partial charge in [0.05, 0.1) is 12.6 Å². The van der Waals surface area contributed by atoms with Crippen LogP contribution in [-0.4, -0.2) is 81.5 Å². The van der Waals surface area contributed by atoms with Gasteiger partial charge in [-0.05, 0) is 38.8 Å². The highest BCUT2D eigenvalue weighted by molar-refractivity contribution is 5.80. The van der Waals surface area contributed by atoms with Gasteiger partial charge in [-0.3, -0.25) is 14.5 Å². The van der Waals surface area contributed by atoms with Gasteiger partial charge in [0.2, 0.25) is 5.91 Å². The van der Waals surface area contributed by atoms with E-state index < -0.39 is 0 Å². The molecular formula is C23H48N6O2. The molecule has 1 amide bonds. The summed E-state index contributed by atoms with van der Waals surface area (Å²) in [5.41, 5.74) is 11.0.